The fourth-order valence-corrected chi connectivity index (χ4v) is 3.97. The van der Waals surface area contributed by atoms with Crippen LogP contribution < -0.4 is 0 Å². The molecule has 2 atom stereocenters. The molecule has 0 bridgehead atoms. The van der Waals surface area contributed by atoms with E-state index in [0.29, 0.717) is 24.4 Å². The van der Waals surface area contributed by atoms with Gasteiger partial charge in [-0.2, -0.15) is 0 Å². The van der Waals surface area contributed by atoms with Gasteiger partial charge in [-0.1, -0.05) is 43.5 Å². The Balaban J connectivity index is 1.77. The average Bonchev–Trinajstić information content (AvgIpc) is 3.06. The second-order valence-corrected chi connectivity index (χ2v) is 8.20. The number of aliphatic hydroxyl groups is 1. The van der Waals surface area contributed by atoms with Gasteiger partial charge >= 0.3 is 5.97 Å². The first-order valence-corrected chi connectivity index (χ1v) is 10.3. The molecule has 1 aromatic rings. The van der Waals surface area contributed by atoms with Crippen LogP contribution in [-0.4, -0.2) is 45.3 Å². The lowest BCUT2D eigenvalue weighted by Gasteiger charge is -2.28. The zero-order valence-corrected chi connectivity index (χ0v) is 16.5. The van der Waals surface area contributed by atoms with Gasteiger partial charge < -0.3 is 15.1 Å². The van der Waals surface area contributed by atoms with Crippen molar-refractivity contribution in [3.05, 3.63) is 35.4 Å². The highest BCUT2D eigenvalue weighted by molar-refractivity contribution is 6.22. The maximum atomic E-state index is 10.9. The highest BCUT2D eigenvalue weighted by atomic mass is 35.5. The summed E-state index contributed by atoms with van der Waals surface area (Å²) >= 11 is 6.29. The molecule has 1 heterocycles. The van der Waals surface area contributed by atoms with Gasteiger partial charge in [-0.3, -0.25) is 0 Å². The standard InChI is InChI=1S/C21H32ClNO3/c1-2-3-4-13-21(22,26)14-16-23-15-5-6-19(23)12-9-17-7-10-18(11-8-17)20(24)25/h7-8,10-11,19,26H,2-6,9,12-16H2,1H3,(H,24,25). The molecule has 1 aromatic carbocycles. The molecule has 2 rings (SSSR count). The minimum absolute atomic E-state index is 0.334. The van der Waals surface area contributed by atoms with Crippen LogP contribution in [0.5, 0.6) is 0 Å². The van der Waals surface area contributed by atoms with Crippen LogP contribution in [0.15, 0.2) is 24.3 Å². The van der Waals surface area contributed by atoms with Crippen molar-refractivity contribution in [3.8, 4) is 0 Å². The van der Waals surface area contributed by atoms with Crippen LogP contribution in [0.3, 0.4) is 0 Å². The predicted octanol–water partition coefficient (Wildman–Crippen LogP) is 4.68. The number of hydrogen-bond acceptors (Lipinski definition) is 3. The number of likely N-dealkylation sites (tertiary alicyclic amines) is 1. The van der Waals surface area contributed by atoms with E-state index in [2.05, 4.69) is 11.8 Å². The predicted molar refractivity (Wildman–Crippen MR) is 106 cm³/mol. The van der Waals surface area contributed by atoms with Gasteiger partial charge in [0.2, 0.25) is 0 Å². The molecule has 1 aliphatic rings. The summed E-state index contributed by atoms with van der Waals surface area (Å²) in [5.41, 5.74) is 1.51. The molecule has 0 amide bonds. The van der Waals surface area contributed by atoms with Crippen molar-refractivity contribution in [3.63, 3.8) is 0 Å². The van der Waals surface area contributed by atoms with Gasteiger partial charge in [0.25, 0.3) is 0 Å². The van der Waals surface area contributed by atoms with Gasteiger partial charge in [0.1, 0.15) is 5.06 Å². The first-order chi connectivity index (χ1) is 12.4. The van der Waals surface area contributed by atoms with Crippen molar-refractivity contribution in [1.82, 2.24) is 4.90 Å². The molecule has 2 N–H and O–H groups in total. The van der Waals surface area contributed by atoms with Crippen LogP contribution in [0.1, 0.15) is 74.2 Å². The number of nitrogens with zero attached hydrogens (tertiary/aromatic N) is 1. The Morgan fingerprint density at radius 3 is 2.65 bits per heavy atom. The normalized spacial score (nSPS) is 20.2. The smallest absolute Gasteiger partial charge is 0.335 e. The Morgan fingerprint density at radius 1 is 1.27 bits per heavy atom. The quantitative estimate of drug-likeness (QED) is 0.431. The topological polar surface area (TPSA) is 60.8 Å². The largest absolute Gasteiger partial charge is 0.478 e. The van der Waals surface area contributed by atoms with E-state index >= 15 is 0 Å². The lowest BCUT2D eigenvalue weighted by molar-refractivity contribution is 0.0696. The SMILES string of the molecule is CCCCCC(O)(Cl)CCN1CCCC1CCc1ccc(C(=O)O)cc1. The molecule has 1 fully saturated rings. The summed E-state index contributed by atoms with van der Waals surface area (Å²) in [5.74, 6) is -0.883. The fourth-order valence-electron chi connectivity index (χ4n) is 3.75. The zero-order chi connectivity index (χ0) is 19.0. The van der Waals surface area contributed by atoms with Crippen molar-refractivity contribution in [2.75, 3.05) is 13.1 Å². The highest BCUT2D eigenvalue weighted by Gasteiger charge is 2.28. The van der Waals surface area contributed by atoms with E-state index in [1.165, 1.54) is 18.4 Å². The summed E-state index contributed by atoms with van der Waals surface area (Å²) in [6, 6.07) is 7.70. The van der Waals surface area contributed by atoms with Gasteiger partial charge in [-0.15, -0.1) is 0 Å². The van der Waals surface area contributed by atoms with Gasteiger partial charge in [-0.05, 0) is 62.8 Å². The number of benzene rings is 1. The molecule has 0 aliphatic carbocycles. The number of carboxylic acid groups (broad SMARTS) is 1. The number of aromatic carboxylic acids is 1. The number of rotatable bonds is 11. The van der Waals surface area contributed by atoms with Gasteiger partial charge in [0, 0.05) is 19.0 Å². The van der Waals surface area contributed by atoms with E-state index in [1.807, 2.05) is 12.1 Å². The summed E-state index contributed by atoms with van der Waals surface area (Å²) in [6.45, 7) is 4.07. The molecule has 26 heavy (non-hydrogen) atoms. The van der Waals surface area contributed by atoms with Crippen molar-refractivity contribution in [2.24, 2.45) is 0 Å². The van der Waals surface area contributed by atoms with Crippen LogP contribution in [-0.2, 0) is 6.42 Å². The molecule has 0 saturated carbocycles. The Kier molecular flexibility index (Phi) is 8.39. The van der Waals surface area contributed by atoms with Crippen LogP contribution in [0.25, 0.3) is 0 Å². The third-order valence-electron chi connectivity index (χ3n) is 5.41. The monoisotopic (exact) mass is 381 g/mol. The Hall–Kier alpha value is -1.10. The lowest BCUT2D eigenvalue weighted by atomic mass is 10.0. The molecule has 0 aromatic heterocycles. The molecule has 1 saturated heterocycles. The van der Waals surface area contributed by atoms with E-state index in [4.69, 9.17) is 16.7 Å². The summed E-state index contributed by atoms with van der Waals surface area (Å²) < 4.78 is 0. The van der Waals surface area contributed by atoms with E-state index in [-0.39, 0.29) is 0 Å². The lowest BCUT2D eigenvalue weighted by Crippen LogP contribution is -2.35. The molecule has 0 spiro atoms. The molecule has 146 valence electrons. The number of unbranched alkanes of at least 4 members (excludes halogenated alkanes) is 2. The number of halogens is 1. The van der Waals surface area contributed by atoms with Crippen molar-refractivity contribution < 1.29 is 15.0 Å². The summed E-state index contributed by atoms with van der Waals surface area (Å²) in [5, 5.41) is 18.3. The molecule has 4 nitrogen and oxygen atoms in total. The number of hydrogen-bond donors (Lipinski definition) is 2. The summed E-state index contributed by atoms with van der Waals surface area (Å²) in [4.78, 5) is 13.4. The maximum absolute atomic E-state index is 10.9. The molecule has 0 radical (unpaired) electrons. The zero-order valence-electron chi connectivity index (χ0n) is 15.8. The Morgan fingerprint density at radius 2 is 2.00 bits per heavy atom. The van der Waals surface area contributed by atoms with E-state index in [9.17, 15) is 9.90 Å². The van der Waals surface area contributed by atoms with Crippen molar-refractivity contribution in [1.29, 1.82) is 0 Å². The van der Waals surface area contributed by atoms with E-state index < -0.39 is 11.0 Å². The van der Waals surface area contributed by atoms with E-state index in [1.54, 1.807) is 12.1 Å². The minimum atomic E-state index is -1.07. The second-order valence-electron chi connectivity index (χ2n) is 7.50. The van der Waals surface area contributed by atoms with Crippen LogP contribution in [0.4, 0.5) is 0 Å². The number of aryl methyl sites for hydroxylation is 1. The molecular formula is C21H32ClNO3. The molecule has 2 unspecified atom stereocenters. The first-order valence-electron chi connectivity index (χ1n) is 9.89. The number of carboxylic acids is 1. The third kappa shape index (κ3) is 6.90. The first kappa shape index (κ1) is 21.2. The average molecular weight is 382 g/mol. The van der Waals surface area contributed by atoms with Gasteiger partial charge in [-0.25, -0.2) is 4.79 Å². The van der Waals surface area contributed by atoms with Crippen molar-refractivity contribution in [2.45, 2.75) is 75.8 Å². The van der Waals surface area contributed by atoms with Crippen LogP contribution in [0, 0.1) is 0 Å². The Labute approximate surface area is 162 Å². The maximum Gasteiger partial charge on any atom is 0.335 e. The van der Waals surface area contributed by atoms with Gasteiger partial charge in [0.15, 0.2) is 0 Å². The minimum Gasteiger partial charge on any atom is -0.478 e. The number of alkyl halides is 1. The second kappa shape index (κ2) is 10.3. The fraction of sp³-hybridized carbons (Fsp3) is 0.667. The molecule has 1 aliphatic heterocycles. The third-order valence-corrected chi connectivity index (χ3v) is 5.79. The van der Waals surface area contributed by atoms with Crippen LogP contribution in [0.2, 0.25) is 0 Å². The highest BCUT2D eigenvalue weighted by Crippen LogP contribution is 2.28. The Bertz CT molecular complexity index is 559. The number of carbonyl (C=O) groups is 1. The van der Waals surface area contributed by atoms with E-state index in [0.717, 1.165) is 45.2 Å². The van der Waals surface area contributed by atoms with Crippen molar-refractivity contribution >= 4 is 17.6 Å². The summed E-state index contributed by atoms with van der Waals surface area (Å²) in [7, 11) is 0. The summed E-state index contributed by atoms with van der Waals surface area (Å²) in [6.07, 6.45) is 8.89. The van der Waals surface area contributed by atoms with Crippen LogP contribution >= 0.6 is 11.6 Å². The molecular weight excluding hydrogens is 350 g/mol. The molecule has 5 heteroatoms. The van der Waals surface area contributed by atoms with Gasteiger partial charge in [0.05, 0.1) is 5.56 Å².